The second-order valence-electron chi connectivity index (χ2n) is 5.04. The van der Waals surface area contributed by atoms with Gasteiger partial charge in [-0.15, -0.1) is 0 Å². The van der Waals surface area contributed by atoms with Gasteiger partial charge in [-0.05, 0) is 25.3 Å². The van der Waals surface area contributed by atoms with E-state index < -0.39 is 23.5 Å². The molecule has 0 aliphatic carbocycles. The normalized spacial score (nSPS) is 29.3. The monoisotopic (exact) mass is 264 g/mol. The second-order valence-corrected chi connectivity index (χ2v) is 5.04. The van der Waals surface area contributed by atoms with Crippen LogP contribution in [0, 0.1) is 0 Å². The van der Waals surface area contributed by atoms with Gasteiger partial charge in [-0.3, -0.25) is 0 Å². The Bertz CT molecular complexity index is 452. The van der Waals surface area contributed by atoms with E-state index >= 15 is 0 Å². The number of hydrogen-bond donors (Lipinski definition) is 1. The minimum atomic E-state index is -1.35. The molecule has 1 heterocycles. The zero-order valence-electron chi connectivity index (χ0n) is 11.6. The Hall–Kier alpha value is -1.39. The van der Waals surface area contributed by atoms with Gasteiger partial charge in [-0.2, -0.15) is 0 Å². The minimum absolute atomic E-state index is 0.592. The largest absolute Gasteiger partial charge is 0.479 e. The van der Waals surface area contributed by atoms with Crippen LogP contribution in [0.15, 0.2) is 30.3 Å². The van der Waals surface area contributed by atoms with Crippen molar-refractivity contribution in [1.29, 1.82) is 0 Å². The van der Waals surface area contributed by atoms with E-state index in [0.717, 1.165) is 5.56 Å². The predicted octanol–water partition coefficient (Wildman–Crippen LogP) is 3.13. The number of hydrogen-bond acceptors (Lipinski definition) is 3. The van der Waals surface area contributed by atoms with Crippen molar-refractivity contribution < 1.29 is 19.4 Å². The zero-order chi connectivity index (χ0) is 14.1. The Morgan fingerprint density at radius 2 is 1.84 bits per heavy atom. The van der Waals surface area contributed by atoms with Crippen molar-refractivity contribution in [2.75, 3.05) is 0 Å². The van der Waals surface area contributed by atoms with Crippen LogP contribution in [0.2, 0.25) is 0 Å². The van der Waals surface area contributed by atoms with E-state index in [1.165, 1.54) is 0 Å². The van der Waals surface area contributed by atoms with Gasteiger partial charge in [0.15, 0.2) is 11.4 Å². The lowest BCUT2D eigenvalue weighted by atomic mass is 9.93. The van der Waals surface area contributed by atoms with E-state index in [2.05, 4.69) is 0 Å². The molecule has 1 aliphatic heterocycles. The van der Waals surface area contributed by atoms with Gasteiger partial charge in [0.1, 0.15) is 6.10 Å². The molecule has 0 unspecified atom stereocenters. The Morgan fingerprint density at radius 3 is 2.32 bits per heavy atom. The molecule has 4 nitrogen and oxygen atoms in total. The third-order valence-electron chi connectivity index (χ3n) is 3.84. The molecule has 0 saturated carbocycles. The van der Waals surface area contributed by atoms with Gasteiger partial charge in [0.2, 0.25) is 0 Å². The maximum atomic E-state index is 11.6. The summed E-state index contributed by atoms with van der Waals surface area (Å²) in [4.78, 5) is 11.6. The standard InChI is InChI=1S/C15H20O4/c1-4-15(5-2)18-12(11-9-7-6-8-10-11)14(3,19-15)13(16)17/h6-10,12H,4-5H2,1-3H3,(H,16,17)/t12-,14+/m0/s1. The molecule has 2 rings (SSSR count). The highest BCUT2D eigenvalue weighted by Gasteiger charge is 2.58. The van der Waals surface area contributed by atoms with Crippen LogP contribution >= 0.6 is 0 Å². The number of carbonyl (C=O) groups is 1. The summed E-state index contributed by atoms with van der Waals surface area (Å²) in [6.45, 7) is 5.47. The van der Waals surface area contributed by atoms with Gasteiger partial charge < -0.3 is 14.6 Å². The number of carboxylic acids is 1. The average Bonchev–Trinajstić information content (AvgIpc) is 2.75. The summed E-state index contributed by atoms with van der Waals surface area (Å²) in [5.41, 5.74) is -0.524. The molecule has 1 saturated heterocycles. The van der Waals surface area contributed by atoms with Crippen LogP contribution in [0.25, 0.3) is 0 Å². The molecule has 1 aromatic rings. The highest BCUT2D eigenvalue weighted by atomic mass is 16.8. The third kappa shape index (κ3) is 2.26. The summed E-state index contributed by atoms with van der Waals surface area (Å²) in [7, 11) is 0. The molecule has 1 fully saturated rings. The molecule has 19 heavy (non-hydrogen) atoms. The molecule has 1 N–H and O–H groups in total. The van der Waals surface area contributed by atoms with E-state index in [4.69, 9.17) is 9.47 Å². The Morgan fingerprint density at radius 1 is 1.26 bits per heavy atom. The summed E-state index contributed by atoms with van der Waals surface area (Å²) in [6, 6.07) is 9.38. The maximum Gasteiger partial charge on any atom is 0.338 e. The van der Waals surface area contributed by atoms with Gasteiger partial charge in [0.05, 0.1) is 0 Å². The molecule has 2 atom stereocenters. The summed E-state index contributed by atoms with van der Waals surface area (Å²) < 4.78 is 11.8. The van der Waals surface area contributed by atoms with Gasteiger partial charge in [0, 0.05) is 0 Å². The lowest BCUT2D eigenvalue weighted by Gasteiger charge is -2.26. The van der Waals surface area contributed by atoms with Crippen molar-refractivity contribution in [2.24, 2.45) is 0 Å². The summed E-state index contributed by atoms with van der Waals surface area (Å²) in [6.07, 6.45) is 0.650. The summed E-state index contributed by atoms with van der Waals surface area (Å²) in [5, 5.41) is 9.52. The molecule has 4 heteroatoms. The predicted molar refractivity (Wildman–Crippen MR) is 70.7 cm³/mol. The fourth-order valence-corrected chi connectivity index (χ4v) is 2.52. The van der Waals surface area contributed by atoms with Crippen LogP contribution in [-0.2, 0) is 14.3 Å². The molecule has 1 aromatic carbocycles. The fraction of sp³-hybridized carbons (Fsp3) is 0.533. The van der Waals surface area contributed by atoms with E-state index in [0.29, 0.717) is 12.8 Å². The van der Waals surface area contributed by atoms with Crippen molar-refractivity contribution in [3.8, 4) is 0 Å². The van der Waals surface area contributed by atoms with Crippen LogP contribution < -0.4 is 0 Å². The average molecular weight is 264 g/mol. The number of ether oxygens (including phenoxy) is 2. The van der Waals surface area contributed by atoms with Crippen molar-refractivity contribution in [3.05, 3.63) is 35.9 Å². The summed E-state index contributed by atoms with van der Waals surface area (Å²) >= 11 is 0. The SMILES string of the molecule is CCC1(CC)O[C@@H](c2ccccc2)[C@](C)(C(=O)O)O1. The maximum absolute atomic E-state index is 11.6. The van der Waals surface area contributed by atoms with E-state index in [1.54, 1.807) is 6.92 Å². The van der Waals surface area contributed by atoms with Crippen LogP contribution in [-0.4, -0.2) is 22.5 Å². The van der Waals surface area contributed by atoms with Crippen LogP contribution in [0.5, 0.6) is 0 Å². The van der Waals surface area contributed by atoms with Crippen LogP contribution in [0.1, 0.15) is 45.3 Å². The number of carboxylic acid groups (broad SMARTS) is 1. The molecule has 0 spiro atoms. The van der Waals surface area contributed by atoms with Crippen molar-refractivity contribution in [2.45, 2.75) is 51.1 Å². The number of benzene rings is 1. The number of rotatable bonds is 4. The van der Waals surface area contributed by atoms with Crippen molar-refractivity contribution in [3.63, 3.8) is 0 Å². The lowest BCUT2D eigenvalue weighted by Crippen LogP contribution is -2.42. The highest BCUT2D eigenvalue weighted by Crippen LogP contribution is 2.48. The van der Waals surface area contributed by atoms with Crippen molar-refractivity contribution in [1.82, 2.24) is 0 Å². The Balaban J connectivity index is 2.43. The minimum Gasteiger partial charge on any atom is -0.479 e. The second kappa shape index (κ2) is 4.94. The number of aliphatic carboxylic acids is 1. The first kappa shape index (κ1) is 14.0. The van der Waals surface area contributed by atoms with Crippen molar-refractivity contribution >= 4 is 5.97 Å². The first-order valence-electron chi connectivity index (χ1n) is 6.64. The molecule has 0 radical (unpaired) electrons. The topological polar surface area (TPSA) is 55.8 Å². The third-order valence-corrected chi connectivity index (χ3v) is 3.84. The van der Waals surface area contributed by atoms with Gasteiger partial charge in [0.25, 0.3) is 0 Å². The molecule has 0 aromatic heterocycles. The highest BCUT2D eigenvalue weighted by molar-refractivity contribution is 5.78. The molecular weight excluding hydrogens is 244 g/mol. The molecular formula is C15H20O4. The lowest BCUT2D eigenvalue weighted by molar-refractivity contribution is -0.200. The first-order chi connectivity index (χ1) is 8.97. The zero-order valence-corrected chi connectivity index (χ0v) is 11.6. The quantitative estimate of drug-likeness (QED) is 0.907. The smallest absolute Gasteiger partial charge is 0.338 e. The van der Waals surface area contributed by atoms with E-state index in [1.807, 2.05) is 44.2 Å². The van der Waals surface area contributed by atoms with Crippen LogP contribution in [0.3, 0.4) is 0 Å². The Labute approximate surface area is 113 Å². The first-order valence-corrected chi connectivity index (χ1v) is 6.64. The van der Waals surface area contributed by atoms with E-state index in [-0.39, 0.29) is 0 Å². The molecule has 104 valence electrons. The summed E-state index contributed by atoms with van der Waals surface area (Å²) in [5.74, 6) is -1.81. The molecule has 1 aliphatic rings. The van der Waals surface area contributed by atoms with Crippen LogP contribution in [0.4, 0.5) is 0 Å². The fourth-order valence-electron chi connectivity index (χ4n) is 2.52. The van der Waals surface area contributed by atoms with Gasteiger partial charge in [-0.1, -0.05) is 44.2 Å². The molecule has 0 bridgehead atoms. The van der Waals surface area contributed by atoms with Gasteiger partial charge >= 0.3 is 5.97 Å². The molecule has 0 amide bonds. The van der Waals surface area contributed by atoms with Gasteiger partial charge in [-0.25, -0.2) is 4.79 Å². The Kier molecular flexibility index (Phi) is 3.65. The van der Waals surface area contributed by atoms with E-state index in [9.17, 15) is 9.90 Å².